The van der Waals surface area contributed by atoms with E-state index in [1.165, 1.54) is 73.7 Å². The molecule has 90 heavy (non-hydrogen) atoms. The van der Waals surface area contributed by atoms with Gasteiger partial charge in [0.15, 0.2) is 0 Å². The summed E-state index contributed by atoms with van der Waals surface area (Å²) in [5, 5.41) is 12.0. The number of allylic oxidation sites excluding steroid dienone is 2. The second-order valence-corrected chi connectivity index (χ2v) is 26.5. The highest BCUT2D eigenvalue weighted by Crippen LogP contribution is 2.48. The lowest BCUT2D eigenvalue weighted by Crippen LogP contribution is -1.98. The summed E-state index contributed by atoms with van der Waals surface area (Å²) in [6.45, 7) is 0. The molecule has 2 aliphatic rings. The van der Waals surface area contributed by atoms with Crippen molar-refractivity contribution in [2.75, 3.05) is 0 Å². The minimum absolute atomic E-state index is 0.874. The van der Waals surface area contributed by atoms with Gasteiger partial charge in [0, 0.05) is 95.9 Å². The lowest BCUT2D eigenvalue weighted by Gasteiger charge is -2.17. The summed E-state index contributed by atoms with van der Waals surface area (Å²) in [6, 6.07) is 90.2. The average molecular weight is 1190 g/mol. The number of rotatable bonds is 7. The maximum Gasteiger partial charge on any atom is 0.143 e. The smallest absolute Gasteiger partial charge is 0.143 e. The number of thiophene rings is 2. The molecule has 18 aromatic rings. The van der Waals surface area contributed by atoms with E-state index in [9.17, 15) is 0 Å². The van der Waals surface area contributed by atoms with Gasteiger partial charge in [-0.15, -0.1) is 22.7 Å². The van der Waals surface area contributed by atoms with Gasteiger partial charge in [-0.25, -0.2) is 0 Å². The van der Waals surface area contributed by atoms with Crippen molar-refractivity contribution in [1.82, 2.24) is 9.13 Å². The first-order valence-corrected chi connectivity index (χ1v) is 32.9. The van der Waals surface area contributed by atoms with Gasteiger partial charge < -0.3 is 18.0 Å². The van der Waals surface area contributed by atoms with Gasteiger partial charge in [-0.2, -0.15) is 0 Å². The second kappa shape index (κ2) is 19.4. The lowest BCUT2D eigenvalue weighted by atomic mass is 9.93. The first-order valence-electron chi connectivity index (χ1n) is 31.2. The van der Waals surface area contributed by atoms with E-state index in [2.05, 4.69) is 276 Å². The third kappa shape index (κ3) is 7.46. The van der Waals surface area contributed by atoms with Crippen molar-refractivity contribution >= 4 is 142 Å². The molecule has 0 saturated carbocycles. The molecule has 12 aromatic carbocycles. The molecule has 0 bridgehead atoms. The second-order valence-electron chi connectivity index (χ2n) is 24.4. The molecule has 6 aromatic heterocycles. The van der Waals surface area contributed by atoms with Gasteiger partial charge in [0.25, 0.3) is 0 Å². The van der Waals surface area contributed by atoms with Crippen LogP contribution < -0.4 is 0 Å². The molecule has 0 amide bonds. The first-order chi connectivity index (χ1) is 44.6. The summed E-state index contributed by atoms with van der Waals surface area (Å²) in [4.78, 5) is 2.75. The van der Waals surface area contributed by atoms with Crippen LogP contribution in [-0.4, -0.2) is 9.13 Å². The van der Waals surface area contributed by atoms with Crippen molar-refractivity contribution in [2.24, 2.45) is 0 Å². The molecule has 0 atom stereocenters. The standard InChI is InChI=1S/C84H52N2O2S2/c1-7-31-73-57(17-1)58-18-2-8-32-74(58)85(73)55-43-51(49-37-39-77-71(47-49)65-25-13-23-63(81(65)87-77)69-29-15-27-67-61-21-5-11-35-79(61)89-83(67)69)41-53(45-55)54-42-52(44-56(46-54)86-75-33-9-3-19-59(75)60-20-4-10-34-76(60)86)50-38-40-78-72(48-50)66-26-14-24-64(82(66)88-78)70-30-16-28-68-62-22-6-12-36-80(62)90-84(68)70/h1-4,7-20,23-48H,5-6,21-22H2. The summed E-state index contributed by atoms with van der Waals surface area (Å²) >= 11 is 3.81. The number of para-hydroxylation sites is 6. The van der Waals surface area contributed by atoms with Crippen LogP contribution in [0.2, 0.25) is 0 Å². The van der Waals surface area contributed by atoms with Gasteiger partial charge in [-0.3, -0.25) is 0 Å². The summed E-state index contributed by atoms with van der Waals surface area (Å²) < 4.78 is 21.6. The molecule has 6 heteroatoms. The maximum absolute atomic E-state index is 6.99. The van der Waals surface area contributed by atoms with E-state index >= 15 is 0 Å². The number of hydrogen-bond donors (Lipinski definition) is 0. The third-order valence-electron chi connectivity index (χ3n) is 19.4. The Balaban J connectivity index is 0.804. The van der Waals surface area contributed by atoms with Crippen molar-refractivity contribution in [1.29, 1.82) is 0 Å². The molecule has 0 radical (unpaired) electrons. The van der Waals surface area contributed by atoms with Crippen LogP contribution in [0.5, 0.6) is 0 Å². The molecular formula is C84H52N2O2S2. The fourth-order valence-corrected chi connectivity index (χ4v) is 18.0. The highest BCUT2D eigenvalue weighted by molar-refractivity contribution is 7.21. The summed E-state index contributed by atoms with van der Waals surface area (Å²) in [5.74, 6) is 0. The van der Waals surface area contributed by atoms with Crippen LogP contribution in [0.15, 0.2) is 264 Å². The monoisotopic (exact) mass is 1180 g/mol. The maximum atomic E-state index is 6.99. The van der Waals surface area contributed by atoms with E-state index in [0.717, 1.165) is 148 Å². The van der Waals surface area contributed by atoms with E-state index in [4.69, 9.17) is 8.83 Å². The summed E-state index contributed by atoms with van der Waals surface area (Å²) in [5.41, 5.74) is 24.7. The van der Waals surface area contributed by atoms with E-state index < -0.39 is 0 Å². The van der Waals surface area contributed by atoms with Crippen LogP contribution in [0.4, 0.5) is 0 Å². The van der Waals surface area contributed by atoms with Gasteiger partial charge >= 0.3 is 0 Å². The zero-order valence-corrected chi connectivity index (χ0v) is 50.4. The number of aromatic nitrogens is 2. The molecule has 0 saturated heterocycles. The molecule has 422 valence electrons. The molecular weight excluding hydrogens is 1130 g/mol. The number of hydrogen-bond acceptors (Lipinski definition) is 4. The molecule has 0 unspecified atom stereocenters. The van der Waals surface area contributed by atoms with Crippen LogP contribution in [0.1, 0.15) is 33.7 Å². The molecule has 0 N–H and O–H groups in total. The molecule has 0 spiro atoms. The van der Waals surface area contributed by atoms with Crippen molar-refractivity contribution in [3.05, 3.63) is 276 Å². The van der Waals surface area contributed by atoms with Gasteiger partial charge in [0.1, 0.15) is 22.3 Å². The number of furan rings is 2. The summed E-state index contributed by atoms with van der Waals surface area (Å²) in [7, 11) is 0. The lowest BCUT2D eigenvalue weighted by molar-refractivity contribution is 0.669. The summed E-state index contributed by atoms with van der Waals surface area (Å²) in [6.07, 6.45) is 13.6. The van der Waals surface area contributed by atoms with Gasteiger partial charge in [0.05, 0.1) is 22.1 Å². The average Bonchev–Trinajstić information content (AvgIpc) is 1.72. The van der Waals surface area contributed by atoms with Crippen molar-refractivity contribution in [3.63, 3.8) is 0 Å². The minimum Gasteiger partial charge on any atom is -0.455 e. The molecule has 6 heterocycles. The highest BCUT2D eigenvalue weighted by atomic mass is 32.1. The molecule has 0 fully saturated rings. The fraction of sp³-hybridized carbons (Fsp3) is 0.0476. The number of nitrogens with zero attached hydrogens (tertiary/aromatic N) is 2. The van der Waals surface area contributed by atoms with Crippen molar-refractivity contribution in [3.8, 4) is 67.0 Å². The van der Waals surface area contributed by atoms with E-state index in [-0.39, 0.29) is 0 Å². The highest BCUT2D eigenvalue weighted by Gasteiger charge is 2.24. The Morgan fingerprint density at radius 3 is 1.06 bits per heavy atom. The van der Waals surface area contributed by atoms with Crippen LogP contribution in [0, 0.1) is 0 Å². The Morgan fingerprint density at radius 1 is 0.289 bits per heavy atom. The van der Waals surface area contributed by atoms with Crippen molar-refractivity contribution in [2.45, 2.75) is 25.7 Å². The molecule has 4 nitrogen and oxygen atoms in total. The first kappa shape index (κ1) is 50.3. The SMILES string of the molecule is C1=Cc2sc3c(-c4cccc5c4oc4ccc(-c6cc(-c7cc(-c8ccc9oc%10c(-c%11cccc%12c%13c(sc%11%12)C=CCC%13)cccc%10c9c8)cc(-n8c9ccccc9c9ccccc98)c7)cc(-n7c8ccccc8c8ccccc87)c6)cc45)cccc3c2CC1. The Labute approximate surface area is 525 Å². The largest absolute Gasteiger partial charge is 0.455 e. The van der Waals surface area contributed by atoms with Crippen LogP contribution in [0.3, 0.4) is 0 Å². The van der Waals surface area contributed by atoms with Gasteiger partial charge in [0.2, 0.25) is 0 Å². The third-order valence-corrected chi connectivity index (χ3v) is 21.9. The van der Waals surface area contributed by atoms with E-state index in [0.29, 0.717) is 0 Å². The van der Waals surface area contributed by atoms with Crippen LogP contribution in [0.25, 0.3) is 187 Å². The molecule has 0 aliphatic heterocycles. The molecule has 2 aliphatic carbocycles. The Bertz CT molecular complexity index is 5700. The fourth-order valence-electron chi connectivity index (χ4n) is 15.4. The number of aryl methyl sites for hydroxylation is 2. The van der Waals surface area contributed by atoms with Gasteiger partial charge in [-0.05, 0) is 178 Å². The van der Waals surface area contributed by atoms with Gasteiger partial charge in [-0.1, -0.05) is 170 Å². The Hall–Kier alpha value is -10.8. The molecule has 20 rings (SSSR count). The zero-order valence-electron chi connectivity index (χ0n) is 48.8. The quantitative estimate of drug-likeness (QED) is 0.159. The Morgan fingerprint density at radius 2 is 0.644 bits per heavy atom. The van der Waals surface area contributed by atoms with Crippen LogP contribution >= 0.6 is 22.7 Å². The van der Waals surface area contributed by atoms with E-state index in [1.54, 1.807) is 0 Å². The van der Waals surface area contributed by atoms with Crippen molar-refractivity contribution < 1.29 is 8.83 Å². The number of benzene rings is 12. The zero-order chi connectivity index (χ0) is 58.7. The van der Waals surface area contributed by atoms with Crippen LogP contribution in [-0.2, 0) is 12.8 Å². The number of fused-ring (bicyclic) bond motifs is 18. The minimum atomic E-state index is 0.874. The predicted molar refractivity (Wildman–Crippen MR) is 382 cm³/mol. The predicted octanol–water partition coefficient (Wildman–Crippen LogP) is 24.4. The normalized spacial score (nSPS) is 13.3. The Kier molecular flexibility index (Phi) is 10.8. The van der Waals surface area contributed by atoms with E-state index in [1.807, 2.05) is 22.7 Å². The topological polar surface area (TPSA) is 36.1 Å².